The second kappa shape index (κ2) is 6.78. The van der Waals surface area contributed by atoms with Gasteiger partial charge in [-0.1, -0.05) is 0 Å². The molecule has 6 heteroatoms. The van der Waals surface area contributed by atoms with Gasteiger partial charge in [-0.2, -0.15) is 0 Å². The van der Waals surface area contributed by atoms with Crippen LogP contribution in [0.1, 0.15) is 30.0 Å². The lowest BCUT2D eigenvalue weighted by Crippen LogP contribution is -2.20. The number of nitrogens with zero attached hydrogens (tertiary/aromatic N) is 1. The van der Waals surface area contributed by atoms with Crippen LogP contribution in [0.15, 0.2) is 35.1 Å². The van der Waals surface area contributed by atoms with Crippen molar-refractivity contribution < 1.29 is 13.9 Å². The van der Waals surface area contributed by atoms with E-state index in [0.717, 1.165) is 5.76 Å². The zero-order valence-electron chi connectivity index (χ0n) is 12.1. The van der Waals surface area contributed by atoms with Gasteiger partial charge in [-0.3, -0.25) is 0 Å². The average Bonchev–Trinajstić information content (AvgIpc) is 2.94. The molecule has 0 spiro atoms. The molecular formula is C15H19N3O3. The number of carbonyl (C=O) groups is 1. The molecule has 2 aromatic heterocycles. The molecule has 112 valence electrons. The van der Waals surface area contributed by atoms with Crippen molar-refractivity contribution in [3.8, 4) is 0 Å². The predicted octanol–water partition coefficient (Wildman–Crippen LogP) is 2.48. The summed E-state index contributed by atoms with van der Waals surface area (Å²) in [7, 11) is 0. The Kier molecular flexibility index (Phi) is 4.81. The highest BCUT2D eigenvalue weighted by Gasteiger charge is 2.16. The lowest BCUT2D eigenvalue weighted by atomic mass is 10.1. The highest BCUT2D eigenvalue weighted by molar-refractivity contribution is 5.97. The van der Waals surface area contributed by atoms with Gasteiger partial charge in [0.05, 0.1) is 24.1 Å². The Morgan fingerprint density at radius 1 is 1.52 bits per heavy atom. The van der Waals surface area contributed by atoms with E-state index in [-0.39, 0.29) is 6.04 Å². The van der Waals surface area contributed by atoms with Gasteiger partial charge >= 0.3 is 5.97 Å². The van der Waals surface area contributed by atoms with Gasteiger partial charge in [0.25, 0.3) is 0 Å². The fourth-order valence-electron chi connectivity index (χ4n) is 1.99. The Balaban J connectivity index is 2.09. The Bertz CT molecular complexity index is 596. The van der Waals surface area contributed by atoms with Crippen molar-refractivity contribution in [2.75, 3.05) is 17.7 Å². The van der Waals surface area contributed by atoms with Crippen molar-refractivity contribution in [1.29, 1.82) is 0 Å². The van der Waals surface area contributed by atoms with E-state index in [9.17, 15) is 4.79 Å². The topological polar surface area (TPSA) is 90.4 Å². The molecule has 0 aliphatic carbocycles. The summed E-state index contributed by atoms with van der Waals surface area (Å²) in [4.78, 5) is 16.0. The zero-order valence-corrected chi connectivity index (χ0v) is 12.1. The van der Waals surface area contributed by atoms with Crippen molar-refractivity contribution in [3.05, 3.63) is 42.0 Å². The van der Waals surface area contributed by atoms with E-state index in [0.29, 0.717) is 30.1 Å². The first kappa shape index (κ1) is 14.9. The quantitative estimate of drug-likeness (QED) is 0.794. The van der Waals surface area contributed by atoms with Gasteiger partial charge in [0.1, 0.15) is 11.6 Å². The molecule has 6 nitrogen and oxygen atoms in total. The molecular weight excluding hydrogens is 270 g/mol. The van der Waals surface area contributed by atoms with Gasteiger partial charge in [0, 0.05) is 18.7 Å². The van der Waals surface area contributed by atoms with E-state index in [1.54, 1.807) is 19.3 Å². The first-order valence-electron chi connectivity index (χ1n) is 6.82. The summed E-state index contributed by atoms with van der Waals surface area (Å²) in [5.74, 6) is 0.897. The lowest BCUT2D eigenvalue weighted by molar-refractivity contribution is 0.0527. The van der Waals surface area contributed by atoms with E-state index in [4.69, 9.17) is 14.9 Å². The van der Waals surface area contributed by atoms with Gasteiger partial charge in [0.15, 0.2) is 0 Å². The molecule has 2 rings (SSSR count). The second-order valence-electron chi connectivity index (χ2n) is 4.67. The minimum atomic E-state index is -0.445. The molecule has 0 aromatic carbocycles. The molecule has 21 heavy (non-hydrogen) atoms. The third kappa shape index (κ3) is 3.75. The second-order valence-corrected chi connectivity index (χ2v) is 4.67. The number of hydrogen-bond acceptors (Lipinski definition) is 6. The molecule has 0 radical (unpaired) electrons. The number of aromatic nitrogens is 1. The summed E-state index contributed by atoms with van der Waals surface area (Å²) in [6.07, 6.45) is 3.86. The summed E-state index contributed by atoms with van der Waals surface area (Å²) in [5.41, 5.74) is 6.60. The maximum absolute atomic E-state index is 11.8. The zero-order chi connectivity index (χ0) is 15.2. The van der Waals surface area contributed by atoms with Crippen LogP contribution in [0.25, 0.3) is 0 Å². The number of ether oxygens (including phenoxy) is 1. The van der Waals surface area contributed by atoms with E-state index in [1.807, 2.05) is 19.1 Å². The molecule has 0 saturated carbocycles. The summed E-state index contributed by atoms with van der Waals surface area (Å²) in [5, 5.41) is 3.18. The van der Waals surface area contributed by atoms with Gasteiger partial charge in [-0.15, -0.1) is 0 Å². The normalized spacial score (nSPS) is 11.9. The molecule has 1 atom stereocenters. The Morgan fingerprint density at radius 3 is 3.00 bits per heavy atom. The van der Waals surface area contributed by atoms with Crippen molar-refractivity contribution in [1.82, 2.24) is 4.98 Å². The lowest BCUT2D eigenvalue weighted by Gasteiger charge is -2.16. The van der Waals surface area contributed by atoms with Crippen LogP contribution in [0.3, 0.4) is 0 Å². The van der Waals surface area contributed by atoms with E-state index in [1.165, 1.54) is 6.20 Å². The smallest absolute Gasteiger partial charge is 0.340 e. The molecule has 3 N–H and O–H groups in total. The van der Waals surface area contributed by atoms with Crippen LogP contribution in [0.4, 0.5) is 11.5 Å². The standard InChI is InChI=1S/C15H19N3O3/c1-3-20-15(19)12-6-7-17-14(13(12)16)18-10(2)9-11-5-4-8-21-11/h4-8,10H,3,9,16H2,1-2H3,(H,17,18). The monoisotopic (exact) mass is 289 g/mol. The molecule has 0 bridgehead atoms. The summed E-state index contributed by atoms with van der Waals surface area (Å²) in [6, 6.07) is 5.36. The number of furan rings is 1. The number of carbonyl (C=O) groups excluding carboxylic acids is 1. The Labute approximate surface area is 123 Å². The van der Waals surface area contributed by atoms with E-state index >= 15 is 0 Å². The van der Waals surface area contributed by atoms with Crippen LogP contribution in [0, 0.1) is 0 Å². The minimum Gasteiger partial charge on any atom is -0.469 e. The van der Waals surface area contributed by atoms with Gasteiger partial charge in [-0.25, -0.2) is 9.78 Å². The summed E-state index contributed by atoms with van der Waals surface area (Å²) >= 11 is 0. The molecule has 2 heterocycles. The Morgan fingerprint density at radius 2 is 2.33 bits per heavy atom. The van der Waals surface area contributed by atoms with Crippen LogP contribution in [0.2, 0.25) is 0 Å². The SMILES string of the molecule is CCOC(=O)c1ccnc(NC(C)Cc2ccco2)c1N. The minimum absolute atomic E-state index is 0.0587. The average molecular weight is 289 g/mol. The summed E-state index contributed by atoms with van der Waals surface area (Å²) < 4.78 is 10.3. The van der Waals surface area contributed by atoms with Gasteiger partial charge in [-0.05, 0) is 32.0 Å². The van der Waals surface area contributed by atoms with Crippen LogP contribution in [-0.2, 0) is 11.2 Å². The maximum Gasteiger partial charge on any atom is 0.340 e. The van der Waals surface area contributed by atoms with Gasteiger partial charge < -0.3 is 20.2 Å². The van der Waals surface area contributed by atoms with Crippen LogP contribution in [0.5, 0.6) is 0 Å². The number of hydrogen-bond donors (Lipinski definition) is 2. The molecule has 2 aromatic rings. The van der Waals surface area contributed by atoms with Crippen molar-refractivity contribution in [2.24, 2.45) is 0 Å². The van der Waals surface area contributed by atoms with Crippen LogP contribution >= 0.6 is 0 Å². The third-order valence-corrected chi connectivity index (χ3v) is 2.96. The molecule has 0 aliphatic rings. The van der Waals surface area contributed by atoms with Crippen molar-refractivity contribution in [3.63, 3.8) is 0 Å². The molecule has 0 saturated heterocycles. The number of nitrogen functional groups attached to an aromatic ring is 1. The van der Waals surface area contributed by atoms with E-state index < -0.39 is 5.97 Å². The fourth-order valence-corrected chi connectivity index (χ4v) is 1.99. The summed E-state index contributed by atoms with van der Waals surface area (Å²) in [6.45, 7) is 4.04. The molecule has 0 aliphatic heterocycles. The highest BCUT2D eigenvalue weighted by atomic mass is 16.5. The number of rotatable bonds is 6. The third-order valence-electron chi connectivity index (χ3n) is 2.96. The molecule has 0 fully saturated rings. The number of anilines is 2. The van der Waals surface area contributed by atoms with Crippen LogP contribution < -0.4 is 11.1 Å². The molecule has 0 amide bonds. The fraction of sp³-hybridized carbons (Fsp3) is 0.333. The van der Waals surface area contributed by atoms with Crippen molar-refractivity contribution in [2.45, 2.75) is 26.3 Å². The number of esters is 1. The first-order valence-corrected chi connectivity index (χ1v) is 6.82. The molecule has 1 unspecified atom stereocenters. The van der Waals surface area contributed by atoms with Gasteiger partial charge in [0.2, 0.25) is 0 Å². The number of nitrogens with two attached hydrogens (primary N) is 1. The maximum atomic E-state index is 11.8. The largest absolute Gasteiger partial charge is 0.469 e. The highest BCUT2D eigenvalue weighted by Crippen LogP contribution is 2.22. The van der Waals surface area contributed by atoms with Crippen LogP contribution in [-0.4, -0.2) is 23.6 Å². The number of pyridine rings is 1. The number of nitrogens with one attached hydrogen (secondary N) is 1. The predicted molar refractivity (Wildman–Crippen MR) is 80.1 cm³/mol. The van der Waals surface area contributed by atoms with Crippen molar-refractivity contribution >= 4 is 17.5 Å². The first-order chi connectivity index (χ1) is 10.1. The van der Waals surface area contributed by atoms with E-state index in [2.05, 4.69) is 10.3 Å². The Hall–Kier alpha value is -2.50.